The highest BCUT2D eigenvalue weighted by molar-refractivity contribution is 5.93. The van der Waals surface area contributed by atoms with Crippen molar-refractivity contribution in [1.82, 2.24) is 15.5 Å². The minimum Gasteiger partial charge on any atom is -0.467 e. The zero-order valence-electron chi connectivity index (χ0n) is 23.3. The number of nitrogens with zero attached hydrogens (tertiary/aromatic N) is 1. The molecular formula is C29H37N3O6. The lowest BCUT2D eigenvalue weighted by Gasteiger charge is -2.31. The summed E-state index contributed by atoms with van der Waals surface area (Å²) in [6.07, 6.45) is -0.461. The molecule has 0 radical (unpaired) electrons. The summed E-state index contributed by atoms with van der Waals surface area (Å²) in [5.41, 5.74) is 4.42. The van der Waals surface area contributed by atoms with E-state index in [1.165, 1.54) is 26.0 Å². The molecule has 204 valence electrons. The molecule has 0 aliphatic carbocycles. The molecule has 3 amide bonds. The van der Waals surface area contributed by atoms with E-state index in [1.807, 2.05) is 44.2 Å². The van der Waals surface area contributed by atoms with Crippen molar-refractivity contribution in [3.05, 3.63) is 58.7 Å². The Balaban J connectivity index is 2.21. The van der Waals surface area contributed by atoms with Crippen LogP contribution in [0.1, 0.15) is 56.0 Å². The third kappa shape index (κ3) is 6.51. The van der Waals surface area contributed by atoms with Crippen molar-refractivity contribution in [3.63, 3.8) is 0 Å². The van der Waals surface area contributed by atoms with Gasteiger partial charge in [-0.2, -0.15) is 0 Å². The maximum atomic E-state index is 13.6. The number of nitrogens with one attached hydrogen (secondary N) is 2. The molecule has 0 spiro atoms. The van der Waals surface area contributed by atoms with Gasteiger partial charge >= 0.3 is 12.1 Å². The summed E-state index contributed by atoms with van der Waals surface area (Å²) < 4.78 is 10.5. The van der Waals surface area contributed by atoms with Gasteiger partial charge < -0.3 is 20.1 Å². The van der Waals surface area contributed by atoms with Crippen molar-refractivity contribution in [2.75, 3.05) is 14.2 Å². The largest absolute Gasteiger partial charge is 0.467 e. The molecule has 1 aliphatic rings. The average Bonchev–Trinajstić information content (AvgIpc) is 2.83. The van der Waals surface area contributed by atoms with Gasteiger partial charge in [0.05, 0.1) is 7.11 Å². The summed E-state index contributed by atoms with van der Waals surface area (Å²) in [5.74, 6) is -1.71. The van der Waals surface area contributed by atoms with Crippen LogP contribution in [0.4, 0.5) is 4.79 Å². The summed E-state index contributed by atoms with van der Waals surface area (Å²) in [6, 6.07) is 8.42. The Bertz CT molecular complexity index is 1250. The van der Waals surface area contributed by atoms with Crippen LogP contribution < -0.4 is 10.6 Å². The number of carbonyl (C=O) groups excluding carboxylic acids is 4. The number of ether oxygens (including phenoxy) is 2. The smallest absolute Gasteiger partial charge is 0.410 e. The second-order valence-electron chi connectivity index (χ2n) is 10.7. The third-order valence-corrected chi connectivity index (χ3v) is 6.48. The van der Waals surface area contributed by atoms with E-state index in [-0.39, 0.29) is 6.42 Å². The number of fused-ring (bicyclic) bond motifs is 5. The lowest BCUT2D eigenvalue weighted by molar-refractivity contribution is -0.145. The van der Waals surface area contributed by atoms with Crippen LogP contribution in [0.5, 0.6) is 0 Å². The lowest BCUT2D eigenvalue weighted by Crippen LogP contribution is -2.53. The monoisotopic (exact) mass is 523 g/mol. The number of hydrogen-bond donors (Lipinski definition) is 2. The van der Waals surface area contributed by atoms with Crippen LogP contribution in [0.25, 0.3) is 11.1 Å². The number of amides is 3. The molecule has 0 fully saturated rings. The molecule has 4 bridgehead atoms. The van der Waals surface area contributed by atoms with E-state index in [1.54, 1.807) is 26.8 Å². The molecule has 0 unspecified atom stereocenters. The van der Waals surface area contributed by atoms with Gasteiger partial charge in [-0.25, -0.2) is 9.59 Å². The van der Waals surface area contributed by atoms with Crippen molar-refractivity contribution in [3.8, 4) is 11.1 Å². The van der Waals surface area contributed by atoms with Gasteiger partial charge in [0.1, 0.15) is 23.7 Å². The van der Waals surface area contributed by atoms with Crippen LogP contribution in [-0.2, 0) is 30.3 Å². The fraction of sp³-hybridized carbons (Fsp3) is 0.448. The quantitative estimate of drug-likeness (QED) is 0.582. The van der Waals surface area contributed by atoms with E-state index in [0.717, 1.165) is 27.8 Å². The summed E-state index contributed by atoms with van der Waals surface area (Å²) in [4.78, 5) is 53.4. The van der Waals surface area contributed by atoms with Crippen molar-refractivity contribution in [2.45, 2.75) is 71.7 Å². The second kappa shape index (κ2) is 11.2. The first-order valence-electron chi connectivity index (χ1n) is 12.6. The van der Waals surface area contributed by atoms with Crippen molar-refractivity contribution in [1.29, 1.82) is 0 Å². The molecule has 2 N–H and O–H groups in total. The van der Waals surface area contributed by atoms with E-state index in [9.17, 15) is 19.2 Å². The molecule has 0 aromatic heterocycles. The summed E-state index contributed by atoms with van der Waals surface area (Å²) in [5, 5.41) is 5.40. The molecule has 3 atom stereocenters. The zero-order chi connectivity index (χ0) is 28.4. The predicted molar refractivity (Wildman–Crippen MR) is 143 cm³/mol. The molecule has 9 nitrogen and oxygen atoms in total. The summed E-state index contributed by atoms with van der Waals surface area (Å²) in [7, 11) is 2.75. The van der Waals surface area contributed by atoms with Gasteiger partial charge in [0.15, 0.2) is 0 Å². The molecule has 0 saturated heterocycles. The third-order valence-electron chi connectivity index (χ3n) is 6.48. The van der Waals surface area contributed by atoms with Crippen LogP contribution in [0.2, 0.25) is 0 Å². The molecule has 1 heterocycles. The minimum atomic E-state index is -1.08. The molecule has 3 rings (SSSR count). The Morgan fingerprint density at radius 3 is 2.16 bits per heavy atom. The van der Waals surface area contributed by atoms with Gasteiger partial charge in [-0.05, 0) is 81.0 Å². The average molecular weight is 524 g/mol. The van der Waals surface area contributed by atoms with E-state index < -0.39 is 47.6 Å². The topological polar surface area (TPSA) is 114 Å². The molecular weight excluding hydrogens is 486 g/mol. The maximum absolute atomic E-state index is 13.6. The van der Waals surface area contributed by atoms with Gasteiger partial charge in [-0.15, -0.1) is 0 Å². The minimum absolute atomic E-state index is 0.217. The standard InChI is InChI=1S/C29H37N3O6/c1-16-9-11-19-13-21(16)22-15-20(12-10-17(22)2)24(32(7)28(36)38-29(4,5)6)26(34)30-18(3)25(33)31-23(14-19)27(35)37-8/h9-13,15,18,23-24H,14H2,1-8H3,(H,30,34)(H,31,33)/t18-,23-,24-/m0/s1. The molecule has 0 saturated carbocycles. The first-order valence-corrected chi connectivity index (χ1v) is 12.6. The molecule has 38 heavy (non-hydrogen) atoms. The highest BCUT2D eigenvalue weighted by Gasteiger charge is 2.34. The van der Waals surface area contributed by atoms with E-state index >= 15 is 0 Å². The Morgan fingerprint density at radius 1 is 0.947 bits per heavy atom. The fourth-order valence-corrected chi connectivity index (χ4v) is 4.40. The van der Waals surface area contributed by atoms with E-state index in [0.29, 0.717) is 5.56 Å². The second-order valence-corrected chi connectivity index (χ2v) is 10.7. The van der Waals surface area contributed by atoms with Crippen LogP contribution in [0.15, 0.2) is 36.4 Å². The highest BCUT2D eigenvalue weighted by atomic mass is 16.6. The number of carbonyl (C=O) groups is 4. The number of rotatable bonds is 2. The predicted octanol–water partition coefficient (Wildman–Crippen LogP) is 3.60. The van der Waals surface area contributed by atoms with Gasteiger partial charge in [-0.3, -0.25) is 14.5 Å². The number of hydrogen-bond acceptors (Lipinski definition) is 6. The first kappa shape index (κ1) is 28.7. The number of esters is 1. The Morgan fingerprint density at radius 2 is 1.55 bits per heavy atom. The Hall–Kier alpha value is -3.88. The van der Waals surface area contributed by atoms with Gasteiger partial charge in [0, 0.05) is 13.5 Å². The SMILES string of the molecule is COC(=O)[C@@H]1Cc2ccc(C)c(c2)-c2cc(ccc2C)[C@H](N(C)C(=O)OC(C)(C)C)C(=O)N[C@@H](C)C(=O)N1. The molecule has 1 aliphatic heterocycles. The van der Waals surface area contributed by atoms with E-state index in [4.69, 9.17) is 9.47 Å². The van der Waals surface area contributed by atoms with Crippen LogP contribution in [-0.4, -0.2) is 60.6 Å². The zero-order valence-corrected chi connectivity index (χ0v) is 23.3. The number of likely N-dealkylation sites (N-methyl/N-ethyl adjacent to an activating group) is 1. The number of benzene rings is 2. The Labute approximate surface area is 223 Å². The summed E-state index contributed by atoms with van der Waals surface area (Å²) >= 11 is 0. The summed E-state index contributed by atoms with van der Waals surface area (Å²) in [6.45, 7) is 10.7. The molecule has 2 aromatic rings. The lowest BCUT2D eigenvalue weighted by atomic mass is 9.90. The van der Waals surface area contributed by atoms with Gasteiger partial charge in [-0.1, -0.05) is 30.3 Å². The number of aryl methyl sites for hydroxylation is 2. The molecule has 2 aromatic carbocycles. The van der Waals surface area contributed by atoms with Crippen molar-refractivity contribution >= 4 is 23.9 Å². The van der Waals surface area contributed by atoms with Crippen molar-refractivity contribution < 1.29 is 28.7 Å². The molecule has 9 heteroatoms. The van der Waals surface area contributed by atoms with Gasteiger partial charge in [0.25, 0.3) is 0 Å². The van der Waals surface area contributed by atoms with Gasteiger partial charge in [0.2, 0.25) is 11.8 Å². The maximum Gasteiger partial charge on any atom is 0.410 e. The first-order chi connectivity index (χ1) is 17.7. The number of methoxy groups -OCH3 is 1. The van der Waals surface area contributed by atoms with Crippen LogP contribution in [0, 0.1) is 13.8 Å². The van der Waals surface area contributed by atoms with Crippen LogP contribution in [0.3, 0.4) is 0 Å². The normalized spacial score (nSPS) is 19.9. The van der Waals surface area contributed by atoms with Crippen LogP contribution >= 0.6 is 0 Å². The van der Waals surface area contributed by atoms with E-state index in [2.05, 4.69) is 10.6 Å². The Kier molecular flexibility index (Phi) is 8.49. The van der Waals surface area contributed by atoms with Crippen molar-refractivity contribution in [2.24, 2.45) is 0 Å². The fourth-order valence-electron chi connectivity index (χ4n) is 4.40. The highest BCUT2D eigenvalue weighted by Crippen LogP contribution is 2.33.